The normalized spacial score (nSPS) is 12.7. The Hall–Kier alpha value is -0.870. The molecule has 4 heteroatoms. The van der Waals surface area contributed by atoms with Crippen molar-refractivity contribution >= 4 is 17.3 Å². The number of esters is 1. The Morgan fingerprint density at radius 2 is 2.00 bits per heavy atom. The number of carbonyl (C=O) groups is 1. The van der Waals surface area contributed by atoms with Crippen LogP contribution in [0, 0.1) is 11.8 Å². The fourth-order valence-electron chi connectivity index (χ4n) is 1.49. The first-order valence-corrected chi connectivity index (χ1v) is 7.19. The van der Waals surface area contributed by atoms with Crippen LogP contribution < -0.4 is 5.32 Å². The Labute approximate surface area is 114 Å². The van der Waals surface area contributed by atoms with Crippen molar-refractivity contribution in [2.45, 2.75) is 33.7 Å². The zero-order chi connectivity index (χ0) is 13.5. The average Bonchev–Trinajstić information content (AvgIpc) is 2.76. The van der Waals surface area contributed by atoms with Crippen molar-refractivity contribution in [3.05, 3.63) is 21.9 Å². The maximum Gasteiger partial charge on any atom is 0.310 e. The summed E-state index contributed by atoms with van der Waals surface area (Å²) in [4.78, 5) is 13.5. The summed E-state index contributed by atoms with van der Waals surface area (Å²) in [6.45, 7) is 8.65. The van der Waals surface area contributed by atoms with E-state index in [9.17, 15) is 4.79 Å². The number of carbonyl (C=O) groups excluding carboxylic acids is 1. The quantitative estimate of drug-likeness (QED) is 0.774. The van der Waals surface area contributed by atoms with Gasteiger partial charge in [0.15, 0.2) is 0 Å². The first kappa shape index (κ1) is 15.2. The van der Waals surface area contributed by atoms with Gasteiger partial charge in [0.1, 0.15) is 0 Å². The van der Waals surface area contributed by atoms with Gasteiger partial charge in [-0.25, -0.2) is 0 Å². The van der Waals surface area contributed by atoms with Crippen LogP contribution in [0.1, 0.15) is 30.5 Å². The van der Waals surface area contributed by atoms with Gasteiger partial charge >= 0.3 is 5.97 Å². The Balaban J connectivity index is 2.33. The van der Waals surface area contributed by atoms with Gasteiger partial charge in [0.2, 0.25) is 0 Å². The molecular weight excluding hydrogens is 246 g/mol. The number of rotatable bonds is 7. The van der Waals surface area contributed by atoms with Crippen LogP contribution in [0.25, 0.3) is 0 Å². The molecule has 3 nitrogen and oxygen atoms in total. The molecule has 1 atom stereocenters. The molecule has 18 heavy (non-hydrogen) atoms. The molecule has 0 fully saturated rings. The molecule has 1 rings (SSSR count). The van der Waals surface area contributed by atoms with Crippen LogP contribution in [0.5, 0.6) is 0 Å². The molecule has 0 bridgehead atoms. The summed E-state index contributed by atoms with van der Waals surface area (Å²) in [5, 5.41) is 3.46. The van der Waals surface area contributed by atoms with Crippen LogP contribution in [0.4, 0.5) is 0 Å². The third-order valence-electron chi connectivity index (χ3n) is 3.17. The molecule has 1 N–H and O–H groups in total. The highest BCUT2D eigenvalue weighted by molar-refractivity contribution is 7.12. The Morgan fingerprint density at radius 1 is 1.33 bits per heavy atom. The van der Waals surface area contributed by atoms with E-state index in [1.165, 1.54) is 12.0 Å². The van der Waals surface area contributed by atoms with Crippen molar-refractivity contribution < 1.29 is 9.53 Å². The minimum Gasteiger partial charge on any atom is -0.469 e. The topological polar surface area (TPSA) is 38.3 Å². The van der Waals surface area contributed by atoms with E-state index in [1.807, 2.05) is 6.07 Å². The summed E-state index contributed by atoms with van der Waals surface area (Å²) in [6, 6.07) is 4.08. The van der Waals surface area contributed by atoms with Crippen LogP contribution in [0.15, 0.2) is 12.1 Å². The molecule has 0 radical (unpaired) electrons. The van der Waals surface area contributed by atoms with Crippen molar-refractivity contribution in [2.24, 2.45) is 11.8 Å². The van der Waals surface area contributed by atoms with Gasteiger partial charge in [0.25, 0.3) is 0 Å². The van der Waals surface area contributed by atoms with Crippen LogP contribution in [0.3, 0.4) is 0 Å². The van der Waals surface area contributed by atoms with Gasteiger partial charge in [-0.15, -0.1) is 11.3 Å². The summed E-state index contributed by atoms with van der Waals surface area (Å²) >= 11 is 1.67. The second kappa shape index (κ2) is 7.54. The lowest BCUT2D eigenvalue weighted by Crippen LogP contribution is -2.23. The van der Waals surface area contributed by atoms with E-state index in [1.54, 1.807) is 11.3 Å². The lowest BCUT2D eigenvalue weighted by Gasteiger charge is -2.15. The van der Waals surface area contributed by atoms with Crippen LogP contribution in [-0.2, 0) is 22.5 Å². The Bertz CT molecular complexity index is 374. The van der Waals surface area contributed by atoms with Gasteiger partial charge in [-0.1, -0.05) is 20.8 Å². The third-order valence-corrected chi connectivity index (χ3v) is 4.25. The molecule has 0 aliphatic rings. The molecule has 0 spiro atoms. The fraction of sp³-hybridized carbons (Fsp3) is 0.643. The maximum absolute atomic E-state index is 11.1. The van der Waals surface area contributed by atoms with Gasteiger partial charge in [0, 0.05) is 16.3 Å². The maximum atomic E-state index is 11.1. The van der Waals surface area contributed by atoms with Crippen molar-refractivity contribution in [1.82, 2.24) is 5.32 Å². The highest BCUT2D eigenvalue weighted by Gasteiger charge is 2.08. The predicted molar refractivity (Wildman–Crippen MR) is 75.7 cm³/mol. The summed E-state index contributed by atoms with van der Waals surface area (Å²) in [6.07, 6.45) is 0.379. The summed E-state index contributed by atoms with van der Waals surface area (Å²) < 4.78 is 4.65. The van der Waals surface area contributed by atoms with E-state index in [2.05, 4.69) is 36.9 Å². The van der Waals surface area contributed by atoms with Crippen LogP contribution in [-0.4, -0.2) is 19.6 Å². The molecule has 1 heterocycles. The van der Waals surface area contributed by atoms with Crippen molar-refractivity contribution in [3.8, 4) is 0 Å². The molecule has 0 aliphatic heterocycles. The molecule has 1 aromatic heterocycles. The zero-order valence-electron chi connectivity index (χ0n) is 11.7. The minimum absolute atomic E-state index is 0.176. The number of hydrogen-bond acceptors (Lipinski definition) is 4. The number of nitrogens with one attached hydrogen (secondary N) is 1. The van der Waals surface area contributed by atoms with Gasteiger partial charge < -0.3 is 10.1 Å². The van der Waals surface area contributed by atoms with E-state index >= 15 is 0 Å². The highest BCUT2D eigenvalue weighted by atomic mass is 32.1. The standard InChI is InChI=1S/C14H23NO2S/c1-10(2)11(3)8-15-9-13-6-5-12(18-13)7-14(16)17-4/h5-6,10-11,15H,7-9H2,1-4H3. The first-order valence-electron chi connectivity index (χ1n) is 6.38. The van der Waals surface area contributed by atoms with Gasteiger partial charge in [-0.2, -0.15) is 0 Å². The Kier molecular flexibility index (Phi) is 6.36. The molecule has 1 unspecified atom stereocenters. The molecular formula is C14H23NO2S. The van der Waals surface area contributed by atoms with Crippen molar-refractivity contribution in [2.75, 3.05) is 13.7 Å². The Morgan fingerprint density at radius 3 is 2.61 bits per heavy atom. The lowest BCUT2D eigenvalue weighted by molar-refractivity contribution is -0.139. The molecule has 1 aromatic rings. The zero-order valence-corrected chi connectivity index (χ0v) is 12.5. The van der Waals surface area contributed by atoms with E-state index in [0.29, 0.717) is 18.3 Å². The monoisotopic (exact) mass is 269 g/mol. The van der Waals surface area contributed by atoms with Crippen LogP contribution in [0.2, 0.25) is 0 Å². The second-order valence-electron chi connectivity index (χ2n) is 4.97. The summed E-state index contributed by atoms with van der Waals surface area (Å²) in [7, 11) is 1.42. The third kappa shape index (κ3) is 5.19. The number of methoxy groups -OCH3 is 1. The molecule has 0 aliphatic carbocycles. The molecule has 102 valence electrons. The van der Waals surface area contributed by atoms with Crippen molar-refractivity contribution in [3.63, 3.8) is 0 Å². The summed E-state index contributed by atoms with van der Waals surface area (Å²) in [5.74, 6) is 1.21. The highest BCUT2D eigenvalue weighted by Crippen LogP contribution is 2.17. The van der Waals surface area contributed by atoms with E-state index in [0.717, 1.165) is 18.0 Å². The number of thiophene rings is 1. The van der Waals surface area contributed by atoms with E-state index < -0.39 is 0 Å². The largest absolute Gasteiger partial charge is 0.469 e. The number of hydrogen-bond donors (Lipinski definition) is 1. The summed E-state index contributed by atoms with van der Waals surface area (Å²) in [5.41, 5.74) is 0. The second-order valence-corrected chi connectivity index (χ2v) is 6.23. The number of ether oxygens (including phenoxy) is 1. The average molecular weight is 269 g/mol. The fourth-order valence-corrected chi connectivity index (χ4v) is 2.46. The van der Waals surface area contributed by atoms with E-state index in [-0.39, 0.29) is 5.97 Å². The molecule has 0 saturated carbocycles. The van der Waals surface area contributed by atoms with Gasteiger partial charge in [0.05, 0.1) is 13.5 Å². The van der Waals surface area contributed by atoms with Gasteiger partial charge in [-0.05, 0) is 30.5 Å². The molecule has 0 amide bonds. The van der Waals surface area contributed by atoms with Crippen molar-refractivity contribution in [1.29, 1.82) is 0 Å². The van der Waals surface area contributed by atoms with E-state index in [4.69, 9.17) is 0 Å². The minimum atomic E-state index is -0.176. The molecule has 0 saturated heterocycles. The lowest BCUT2D eigenvalue weighted by atomic mass is 9.98. The smallest absolute Gasteiger partial charge is 0.310 e. The van der Waals surface area contributed by atoms with Gasteiger partial charge in [-0.3, -0.25) is 4.79 Å². The van der Waals surface area contributed by atoms with Crippen LogP contribution >= 0.6 is 11.3 Å². The molecule has 0 aromatic carbocycles. The predicted octanol–water partition coefficient (Wildman–Crippen LogP) is 2.85. The first-order chi connectivity index (χ1) is 8.52. The SMILES string of the molecule is COC(=O)Cc1ccc(CNCC(C)C(C)C)s1.